The van der Waals surface area contributed by atoms with Crippen LogP contribution in [0, 0.1) is 0 Å². The number of rotatable bonds is 6. The number of aliphatic hydroxyl groups excluding tert-OH is 1. The number of hydrogen-bond donors (Lipinski definition) is 2. The molecule has 1 atom stereocenters. The number of nitrogens with one attached hydrogen (secondary N) is 1. The number of aryl methyl sites for hydroxylation is 1. The molecule has 19 heavy (non-hydrogen) atoms. The summed E-state index contributed by atoms with van der Waals surface area (Å²) in [6, 6.07) is 8.53. The van der Waals surface area contributed by atoms with E-state index in [-0.39, 0.29) is 12.6 Å². The number of ether oxygens (including phenoxy) is 1. The molecule has 4 nitrogen and oxygen atoms in total. The average Bonchev–Trinajstić information content (AvgIpc) is 2.48. The zero-order valence-electron chi connectivity index (χ0n) is 11.6. The van der Waals surface area contributed by atoms with Gasteiger partial charge in [-0.3, -0.25) is 4.90 Å². The first-order valence-corrected chi connectivity index (χ1v) is 7.02. The molecule has 1 unspecified atom stereocenters. The number of nitrogens with zero attached hydrogens (tertiary/aromatic N) is 1. The maximum atomic E-state index is 9.35. The van der Waals surface area contributed by atoms with Crippen LogP contribution in [0.15, 0.2) is 24.3 Å². The fraction of sp³-hybridized carbons (Fsp3) is 0.600. The van der Waals surface area contributed by atoms with Gasteiger partial charge in [0.15, 0.2) is 0 Å². The van der Waals surface area contributed by atoms with Crippen LogP contribution < -0.4 is 10.1 Å². The lowest BCUT2D eigenvalue weighted by atomic mass is 10.1. The van der Waals surface area contributed by atoms with Gasteiger partial charge in [-0.2, -0.15) is 0 Å². The van der Waals surface area contributed by atoms with Crippen LogP contribution in [0.2, 0.25) is 0 Å². The van der Waals surface area contributed by atoms with Crippen molar-refractivity contribution >= 4 is 0 Å². The lowest BCUT2D eigenvalue weighted by Crippen LogP contribution is -2.53. The van der Waals surface area contributed by atoms with E-state index in [1.54, 1.807) is 7.11 Å². The van der Waals surface area contributed by atoms with Crippen molar-refractivity contribution in [1.29, 1.82) is 0 Å². The maximum absolute atomic E-state index is 9.35. The van der Waals surface area contributed by atoms with Crippen LogP contribution in [0.5, 0.6) is 5.75 Å². The molecule has 0 spiro atoms. The van der Waals surface area contributed by atoms with Gasteiger partial charge < -0.3 is 15.2 Å². The Morgan fingerprint density at radius 3 is 3.16 bits per heavy atom. The minimum absolute atomic E-state index is 0.242. The number of benzene rings is 1. The van der Waals surface area contributed by atoms with E-state index in [0.29, 0.717) is 0 Å². The smallest absolute Gasteiger partial charge is 0.119 e. The van der Waals surface area contributed by atoms with Crippen LogP contribution >= 0.6 is 0 Å². The summed E-state index contributed by atoms with van der Waals surface area (Å²) in [5.74, 6) is 0.924. The van der Waals surface area contributed by atoms with Gasteiger partial charge >= 0.3 is 0 Å². The van der Waals surface area contributed by atoms with Crippen LogP contribution in [0.25, 0.3) is 0 Å². The summed E-state index contributed by atoms with van der Waals surface area (Å²) in [6.07, 6.45) is 2.17. The summed E-state index contributed by atoms with van der Waals surface area (Å²) in [5.41, 5.74) is 1.31. The van der Waals surface area contributed by atoms with Gasteiger partial charge in [-0.15, -0.1) is 0 Å². The van der Waals surface area contributed by atoms with Crippen molar-refractivity contribution in [3.63, 3.8) is 0 Å². The highest BCUT2D eigenvalue weighted by Crippen LogP contribution is 2.14. The first-order valence-electron chi connectivity index (χ1n) is 7.02. The Labute approximate surface area is 115 Å². The van der Waals surface area contributed by atoms with Crippen LogP contribution in [-0.2, 0) is 6.42 Å². The summed E-state index contributed by atoms with van der Waals surface area (Å²) in [7, 11) is 1.70. The molecule has 0 radical (unpaired) electrons. The molecule has 1 saturated heterocycles. The van der Waals surface area contributed by atoms with Gasteiger partial charge in [-0.25, -0.2) is 0 Å². The molecule has 1 aliphatic rings. The molecule has 4 heteroatoms. The minimum atomic E-state index is 0.242. The predicted octanol–water partition coefficient (Wildman–Crippen LogP) is 0.894. The third-order valence-electron chi connectivity index (χ3n) is 3.73. The van der Waals surface area contributed by atoms with Gasteiger partial charge in [0.25, 0.3) is 0 Å². The summed E-state index contributed by atoms with van der Waals surface area (Å²) in [5, 5.41) is 12.7. The molecule has 1 aromatic carbocycles. The molecule has 2 N–H and O–H groups in total. The minimum Gasteiger partial charge on any atom is -0.497 e. The van der Waals surface area contributed by atoms with E-state index in [1.807, 2.05) is 12.1 Å². The largest absolute Gasteiger partial charge is 0.497 e. The highest BCUT2D eigenvalue weighted by atomic mass is 16.5. The molecule has 1 aromatic rings. The summed E-state index contributed by atoms with van der Waals surface area (Å²) in [6.45, 7) is 4.24. The van der Waals surface area contributed by atoms with Gasteiger partial charge in [-0.1, -0.05) is 12.1 Å². The zero-order chi connectivity index (χ0) is 13.5. The predicted molar refractivity (Wildman–Crippen MR) is 76.6 cm³/mol. The van der Waals surface area contributed by atoms with Crippen molar-refractivity contribution in [3.05, 3.63) is 29.8 Å². The van der Waals surface area contributed by atoms with Crippen molar-refractivity contribution in [2.75, 3.05) is 39.9 Å². The standard InChI is InChI=1S/C15H24N2O2/c1-19-15-6-2-4-13(10-15)5-3-8-17-9-7-16-11-14(17)12-18/h2,4,6,10,14,16,18H,3,5,7-9,11-12H2,1H3. The van der Waals surface area contributed by atoms with E-state index >= 15 is 0 Å². The molecule has 1 fully saturated rings. The van der Waals surface area contributed by atoms with Crippen molar-refractivity contribution in [2.24, 2.45) is 0 Å². The van der Waals surface area contributed by atoms with Gasteiger partial charge in [-0.05, 0) is 37.1 Å². The van der Waals surface area contributed by atoms with E-state index in [2.05, 4.69) is 22.3 Å². The molecule has 0 aromatic heterocycles. The second-order valence-corrected chi connectivity index (χ2v) is 5.03. The Bertz CT molecular complexity index is 384. The number of aliphatic hydroxyl groups is 1. The SMILES string of the molecule is COc1cccc(CCCN2CCNCC2CO)c1. The third kappa shape index (κ3) is 4.20. The summed E-state index contributed by atoms with van der Waals surface area (Å²) >= 11 is 0. The van der Waals surface area contributed by atoms with E-state index in [1.165, 1.54) is 5.56 Å². The number of hydrogen-bond acceptors (Lipinski definition) is 4. The molecule has 0 bridgehead atoms. The van der Waals surface area contributed by atoms with Crippen molar-refractivity contribution in [3.8, 4) is 5.75 Å². The highest BCUT2D eigenvalue weighted by molar-refractivity contribution is 5.28. The summed E-state index contributed by atoms with van der Waals surface area (Å²) in [4.78, 5) is 2.39. The van der Waals surface area contributed by atoms with Gasteiger partial charge in [0.05, 0.1) is 13.7 Å². The molecule has 1 aliphatic heterocycles. The summed E-state index contributed by atoms with van der Waals surface area (Å²) < 4.78 is 5.23. The molecule has 0 aliphatic carbocycles. The molecule has 0 amide bonds. The first-order chi connectivity index (χ1) is 9.33. The first kappa shape index (κ1) is 14.3. The molecular weight excluding hydrogens is 240 g/mol. The Morgan fingerprint density at radius 1 is 1.47 bits per heavy atom. The normalized spacial score (nSPS) is 20.4. The lowest BCUT2D eigenvalue weighted by molar-refractivity contribution is 0.0997. The fourth-order valence-electron chi connectivity index (χ4n) is 2.59. The molecule has 2 rings (SSSR count). The Balaban J connectivity index is 1.78. The molecule has 0 saturated carbocycles. The van der Waals surface area contributed by atoms with Crippen LogP contribution in [-0.4, -0.2) is 55.9 Å². The van der Waals surface area contributed by atoms with Crippen LogP contribution in [0.3, 0.4) is 0 Å². The fourth-order valence-corrected chi connectivity index (χ4v) is 2.59. The number of methoxy groups -OCH3 is 1. The van der Waals surface area contributed by atoms with E-state index < -0.39 is 0 Å². The Kier molecular flexibility index (Phi) is 5.63. The average molecular weight is 264 g/mol. The van der Waals surface area contributed by atoms with E-state index in [4.69, 9.17) is 4.74 Å². The molecule has 1 heterocycles. The monoisotopic (exact) mass is 264 g/mol. The second-order valence-electron chi connectivity index (χ2n) is 5.03. The van der Waals surface area contributed by atoms with E-state index in [0.717, 1.165) is 44.8 Å². The van der Waals surface area contributed by atoms with Crippen LogP contribution in [0.4, 0.5) is 0 Å². The van der Waals surface area contributed by atoms with Crippen molar-refractivity contribution in [2.45, 2.75) is 18.9 Å². The number of piperazine rings is 1. The molecule has 106 valence electrons. The van der Waals surface area contributed by atoms with Gasteiger partial charge in [0, 0.05) is 25.7 Å². The lowest BCUT2D eigenvalue weighted by Gasteiger charge is -2.35. The maximum Gasteiger partial charge on any atom is 0.119 e. The van der Waals surface area contributed by atoms with Crippen molar-refractivity contribution < 1.29 is 9.84 Å². The topological polar surface area (TPSA) is 44.7 Å². The quantitative estimate of drug-likeness (QED) is 0.801. The second kappa shape index (κ2) is 7.48. The third-order valence-corrected chi connectivity index (χ3v) is 3.73. The van der Waals surface area contributed by atoms with Crippen molar-refractivity contribution in [1.82, 2.24) is 10.2 Å². The van der Waals surface area contributed by atoms with E-state index in [9.17, 15) is 5.11 Å². The van der Waals surface area contributed by atoms with Crippen LogP contribution in [0.1, 0.15) is 12.0 Å². The van der Waals surface area contributed by atoms with Gasteiger partial charge in [0.1, 0.15) is 5.75 Å². The Hall–Kier alpha value is -1.10. The van der Waals surface area contributed by atoms with Gasteiger partial charge in [0.2, 0.25) is 0 Å². The highest BCUT2D eigenvalue weighted by Gasteiger charge is 2.20. The Morgan fingerprint density at radius 2 is 2.37 bits per heavy atom. The molecular formula is C15H24N2O2. The zero-order valence-corrected chi connectivity index (χ0v) is 11.6.